The molecule has 0 saturated carbocycles. The van der Waals surface area contributed by atoms with Crippen molar-refractivity contribution in [2.75, 3.05) is 0 Å². The molecule has 154 valence electrons. The molecule has 4 aromatic rings. The highest BCUT2D eigenvalue weighted by Crippen LogP contribution is 2.28. The van der Waals surface area contributed by atoms with E-state index in [2.05, 4.69) is 8.75 Å². The van der Waals surface area contributed by atoms with E-state index in [0.29, 0.717) is 22.2 Å². The van der Waals surface area contributed by atoms with Crippen LogP contribution in [-0.4, -0.2) is 25.6 Å². The van der Waals surface area contributed by atoms with E-state index in [4.69, 9.17) is 0 Å². The van der Waals surface area contributed by atoms with Crippen molar-refractivity contribution < 1.29 is 14.7 Å². The number of rotatable bonds is 6. The van der Waals surface area contributed by atoms with Crippen LogP contribution in [0.4, 0.5) is 0 Å². The molecule has 0 atom stereocenters. The second-order valence-corrected chi connectivity index (χ2v) is 8.01. The van der Waals surface area contributed by atoms with Gasteiger partial charge in [0, 0.05) is 17.6 Å². The van der Waals surface area contributed by atoms with Crippen molar-refractivity contribution in [2.24, 2.45) is 0 Å². The number of Topliss-reactive ketones (excluding diaryl/α,β-unsaturated/α-hetero) is 1. The summed E-state index contributed by atoms with van der Waals surface area (Å²) in [5, 5.41) is 10.1. The highest BCUT2D eigenvalue weighted by atomic mass is 32.1. The standard InChI is InChI=1S/C25H20N2O3S/c1-15-3-7-17(8-4-15)13-20(24(28)18-9-5-16(2)6-10-18)23(25(29)30)19-11-12-21-22(14-19)27-31-26-21/h3-12,14H,13H2,1-2H3,(H,29,30). The summed E-state index contributed by atoms with van der Waals surface area (Å²) >= 11 is 1.07. The third-order valence-corrected chi connectivity index (χ3v) is 5.70. The van der Waals surface area contributed by atoms with Crippen LogP contribution >= 0.6 is 11.7 Å². The minimum absolute atomic E-state index is 0.0129. The average Bonchev–Trinajstić information content (AvgIpc) is 3.22. The highest BCUT2D eigenvalue weighted by molar-refractivity contribution is 7.00. The molecule has 4 rings (SSSR count). The molecule has 31 heavy (non-hydrogen) atoms. The summed E-state index contributed by atoms with van der Waals surface area (Å²) in [4.78, 5) is 25.9. The van der Waals surface area contributed by atoms with Gasteiger partial charge in [0.2, 0.25) is 0 Å². The molecule has 3 aromatic carbocycles. The van der Waals surface area contributed by atoms with Crippen LogP contribution in [0.1, 0.15) is 32.6 Å². The number of aliphatic carboxylic acids is 1. The van der Waals surface area contributed by atoms with Gasteiger partial charge >= 0.3 is 5.97 Å². The van der Waals surface area contributed by atoms with Crippen molar-refractivity contribution in [1.29, 1.82) is 0 Å². The van der Waals surface area contributed by atoms with E-state index < -0.39 is 5.97 Å². The molecule has 1 aromatic heterocycles. The Hall–Kier alpha value is -3.64. The normalized spacial score (nSPS) is 11.9. The summed E-state index contributed by atoms with van der Waals surface area (Å²) in [5.41, 5.74) is 5.43. The van der Waals surface area contributed by atoms with Crippen molar-refractivity contribution in [2.45, 2.75) is 20.3 Å². The highest BCUT2D eigenvalue weighted by Gasteiger charge is 2.24. The molecular weight excluding hydrogens is 408 g/mol. The van der Waals surface area contributed by atoms with E-state index in [1.165, 1.54) is 0 Å². The number of aromatic nitrogens is 2. The monoisotopic (exact) mass is 428 g/mol. The van der Waals surface area contributed by atoms with Gasteiger partial charge in [0.05, 0.1) is 17.3 Å². The second-order valence-electron chi connectivity index (χ2n) is 7.48. The molecule has 0 aliphatic rings. The van der Waals surface area contributed by atoms with Crippen molar-refractivity contribution in [3.05, 3.63) is 100 Å². The number of carbonyl (C=O) groups excluding carboxylic acids is 1. The smallest absolute Gasteiger partial charge is 0.336 e. The maximum absolute atomic E-state index is 13.5. The van der Waals surface area contributed by atoms with E-state index in [1.807, 2.05) is 50.2 Å². The summed E-state index contributed by atoms with van der Waals surface area (Å²) in [5.74, 6) is -1.44. The van der Waals surface area contributed by atoms with Gasteiger partial charge in [0.15, 0.2) is 5.78 Å². The topological polar surface area (TPSA) is 80.2 Å². The average molecular weight is 429 g/mol. The first-order chi connectivity index (χ1) is 14.9. The first-order valence-corrected chi connectivity index (χ1v) is 10.5. The molecule has 0 aliphatic heterocycles. The number of hydrogen-bond donors (Lipinski definition) is 1. The number of carboxylic acids is 1. The number of allylic oxidation sites excluding steroid dienone is 1. The molecule has 0 unspecified atom stereocenters. The number of carbonyl (C=O) groups is 2. The van der Waals surface area contributed by atoms with Crippen LogP contribution in [0.15, 0.2) is 72.3 Å². The largest absolute Gasteiger partial charge is 0.478 e. The van der Waals surface area contributed by atoms with Gasteiger partial charge in [0.1, 0.15) is 11.0 Å². The lowest BCUT2D eigenvalue weighted by molar-refractivity contribution is -0.130. The van der Waals surface area contributed by atoms with Gasteiger partial charge < -0.3 is 5.11 Å². The number of aryl methyl sites for hydroxylation is 2. The van der Waals surface area contributed by atoms with Gasteiger partial charge in [-0.1, -0.05) is 65.7 Å². The Morgan fingerprint density at radius 1 is 0.806 bits per heavy atom. The lowest BCUT2D eigenvalue weighted by Gasteiger charge is -2.13. The summed E-state index contributed by atoms with van der Waals surface area (Å²) in [6, 6.07) is 20.0. The second kappa shape index (κ2) is 8.62. The molecule has 0 radical (unpaired) electrons. The fourth-order valence-corrected chi connectivity index (χ4v) is 3.95. The Labute approximate surface area is 184 Å². The number of nitrogens with zero attached hydrogens (tertiary/aromatic N) is 2. The first kappa shape index (κ1) is 20.6. The zero-order valence-electron chi connectivity index (χ0n) is 17.1. The third-order valence-electron chi connectivity index (χ3n) is 5.15. The minimum Gasteiger partial charge on any atom is -0.478 e. The molecule has 0 saturated heterocycles. The zero-order chi connectivity index (χ0) is 22.0. The molecule has 0 fully saturated rings. The number of carboxylic acid groups (broad SMARTS) is 1. The molecule has 0 bridgehead atoms. The number of hydrogen-bond acceptors (Lipinski definition) is 5. The molecule has 0 aliphatic carbocycles. The minimum atomic E-state index is -1.15. The third kappa shape index (κ3) is 4.44. The maximum atomic E-state index is 13.5. The predicted molar refractivity (Wildman–Crippen MR) is 122 cm³/mol. The van der Waals surface area contributed by atoms with Crippen LogP contribution in [0, 0.1) is 13.8 Å². The Morgan fingerprint density at radius 3 is 2.03 bits per heavy atom. The van der Waals surface area contributed by atoms with E-state index in [9.17, 15) is 14.7 Å². The van der Waals surface area contributed by atoms with Gasteiger partial charge in [-0.2, -0.15) is 8.75 Å². The van der Waals surface area contributed by atoms with Crippen LogP contribution in [0.2, 0.25) is 0 Å². The summed E-state index contributed by atoms with van der Waals surface area (Å²) < 4.78 is 8.39. The van der Waals surface area contributed by atoms with Crippen molar-refractivity contribution in [3.63, 3.8) is 0 Å². The summed E-state index contributed by atoms with van der Waals surface area (Å²) in [7, 11) is 0. The van der Waals surface area contributed by atoms with Crippen LogP contribution in [0.5, 0.6) is 0 Å². The fourth-order valence-electron chi connectivity index (χ4n) is 3.44. The zero-order valence-corrected chi connectivity index (χ0v) is 17.9. The maximum Gasteiger partial charge on any atom is 0.336 e. The number of benzene rings is 3. The van der Waals surface area contributed by atoms with Crippen molar-refractivity contribution >= 4 is 40.1 Å². The van der Waals surface area contributed by atoms with Crippen LogP contribution in [0.25, 0.3) is 16.6 Å². The lowest BCUT2D eigenvalue weighted by atomic mass is 9.89. The molecule has 1 heterocycles. The Kier molecular flexibility index (Phi) is 5.73. The van der Waals surface area contributed by atoms with E-state index in [1.54, 1.807) is 30.3 Å². The van der Waals surface area contributed by atoms with Gasteiger partial charge in [-0.25, -0.2) is 4.79 Å². The molecule has 6 heteroatoms. The van der Waals surface area contributed by atoms with E-state index in [0.717, 1.165) is 28.4 Å². The molecular formula is C25H20N2O3S. The molecule has 0 amide bonds. The molecule has 1 N–H and O–H groups in total. The van der Waals surface area contributed by atoms with E-state index in [-0.39, 0.29) is 23.4 Å². The summed E-state index contributed by atoms with van der Waals surface area (Å²) in [6.45, 7) is 3.93. The fraction of sp³-hybridized carbons (Fsp3) is 0.120. The van der Waals surface area contributed by atoms with Crippen molar-refractivity contribution in [1.82, 2.24) is 8.75 Å². The van der Waals surface area contributed by atoms with Gasteiger partial charge in [0.25, 0.3) is 0 Å². The molecule has 0 spiro atoms. The predicted octanol–water partition coefficient (Wildman–Crippen LogP) is 5.27. The van der Waals surface area contributed by atoms with Crippen LogP contribution < -0.4 is 0 Å². The van der Waals surface area contributed by atoms with Crippen LogP contribution in [-0.2, 0) is 11.2 Å². The number of fused-ring (bicyclic) bond motifs is 1. The van der Waals surface area contributed by atoms with Crippen LogP contribution in [0.3, 0.4) is 0 Å². The Balaban J connectivity index is 1.90. The summed E-state index contributed by atoms with van der Waals surface area (Å²) in [6.07, 6.45) is 0.210. The Morgan fingerprint density at radius 2 is 1.39 bits per heavy atom. The molecule has 5 nitrogen and oxygen atoms in total. The Bertz CT molecular complexity index is 1300. The lowest BCUT2D eigenvalue weighted by Crippen LogP contribution is -2.14. The SMILES string of the molecule is Cc1ccc(CC(C(=O)c2ccc(C)cc2)=C(C(=O)O)c2ccc3nsnc3c2)cc1. The number of ketones is 1. The first-order valence-electron chi connectivity index (χ1n) is 9.78. The van der Waals surface area contributed by atoms with E-state index >= 15 is 0 Å². The van der Waals surface area contributed by atoms with Gasteiger partial charge in [-0.05, 0) is 37.1 Å². The quantitative estimate of drug-likeness (QED) is 0.334. The van der Waals surface area contributed by atoms with Gasteiger partial charge in [-0.15, -0.1) is 0 Å². The van der Waals surface area contributed by atoms with Crippen molar-refractivity contribution in [3.8, 4) is 0 Å². The van der Waals surface area contributed by atoms with Gasteiger partial charge in [-0.3, -0.25) is 4.79 Å².